The van der Waals surface area contributed by atoms with E-state index in [2.05, 4.69) is 0 Å². The normalized spacial score (nSPS) is 13.6. The Morgan fingerprint density at radius 2 is 1.71 bits per heavy atom. The quantitative estimate of drug-likeness (QED) is 0.687. The molecular formula is C9H17F2NO2. The van der Waals surface area contributed by atoms with Crippen LogP contribution < -0.4 is 0 Å². The summed E-state index contributed by atoms with van der Waals surface area (Å²) in [5.41, 5.74) is 0. The van der Waals surface area contributed by atoms with E-state index in [4.69, 9.17) is 5.11 Å². The molecule has 0 heterocycles. The standard InChI is InChI=1S/C9H17F2NO2/c1-7(2)8(9(13)14)12(5-3-10)6-4-11/h7-8H,3-6H2,1-2H3,(H,13,14). The van der Waals surface area contributed by atoms with Crippen LogP contribution in [0.25, 0.3) is 0 Å². The van der Waals surface area contributed by atoms with Gasteiger partial charge in [-0.1, -0.05) is 13.8 Å². The van der Waals surface area contributed by atoms with Crippen LogP contribution in [0.4, 0.5) is 8.78 Å². The van der Waals surface area contributed by atoms with Crippen molar-refractivity contribution in [2.75, 3.05) is 26.4 Å². The van der Waals surface area contributed by atoms with E-state index in [1.165, 1.54) is 4.90 Å². The number of alkyl halides is 2. The van der Waals surface area contributed by atoms with Gasteiger partial charge in [-0.25, -0.2) is 8.78 Å². The second-order valence-corrected chi connectivity index (χ2v) is 3.44. The first-order valence-electron chi connectivity index (χ1n) is 4.63. The van der Waals surface area contributed by atoms with Gasteiger partial charge in [0, 0.05) is 13.1 Å². The molecule has 0 rings (SSSR count). The van der Waals surface area contributed by atoms with Crippen LogP contribution in [-0.4, -0.2) is 48.5 Å². The topological polar surface area (TPSA) is 40.5 Å². The van der Waals surface area contributed by atoms with E-state index in [1.54, 1.807) is 13.8 Å². The molecule has 0 aromatic rings. The maximum Gasteiger partial charge on any atom is 0.321 e. The number of carboxylic acid groups (broad SMARTS) is 1. The van der Waals surface area contributed by atoms with E-state index in [0.29, 0.717) is 0 Å². The average Bonchev–Trinajstić information content (AvgIpc) is 2.03. The number of nitrogens with zero attached hydrogens (tertiary/aromatic N) is 1. The summed E-state index contributed by atoms with van der Waals surface area (Å²) in [5.74, 6) is -1.19. The van der Waals surface area contributed by atoms with Gasteiger partial charge in [0.2, 0.25) is 0 Å². The molecule has 1 unspecified atom stereocenters. The molecule has 0 aromatic heterocycles. The number of rotatable bonds is 7. The van der Waals surface area contributed by atoms with E-state index in [-0.39, 0.29) is 19.0 Å². The van der Waals surface area contributed by atoms with Crippen LogP contribution >= 0.6 is 0 Å². The van der Waals surface area contributed by atoms with Crippen LogP contribution in [0.3, 0.4) is 0 Å². The van der Waals surface area contributed by atoms with Crippen LogP contribution in [0.5, 0.6) is 0 Å². The SMILES string of the molecule is CC(C)C(C(=O)O)N(CCF)CCF. The lowest BCUT2D eigenvalue weighted by atomic mass is 10.0. The lowest BCUT2D eigenvalue weighted by molar-refractivity contribution is -0.145. The Kier molecular flexibility index (Phi) is 6.36. The van der Waals surface area contributed by atoms with E-state index in [0.717, 1.165) is 0 Å². The Labute approximate surface area is 82.7 Å². The fourth-order valence-electron chi connectivity index (χ4n) is 1.47. The van der Waals surface area contributed by atoms with E-state index >= 15 is 0 Å². The van der Waals surface area contributed by atoms with Gasteiger partial charge in [-0.2, -0.15) is 0 Å². The summed E-state index contributed by atoms with van der Waals surface area (Å²) in [5, 5.41) is 8.88. The Balaban J connectivity index is 4.46. The van der Waals surface area contributed by atoms with E-state index in [9.17, 15) is 13.6 Å². The zero-order chi connectivity index (χ0) is 11.1. The van der Waals surface area contributed by atoms with Gasteiger partial charge in [0.25, 0.3) is 0 Å². The van der Waals surface area contributed by atoms with Crippen molar-refractivity contribution < 1.29 is 18.7 Å². The first kappa shape index (κ1) is 13.3. The van der Waals surface area contributed by atoms with Gasteiger partial charge in [-0.3, -0.25) is 9.69 Å². The van der Waals surface area contributed by atoms with Gasteiger partial charge in [0.05, 0.1) is 0 Å². The molecule has 3 nitrogen and oxygen atoms in total. The number of carbonyl (C=O) groups is 1. The molecule has 0 amide bonds. The number of hydrogen-bond donors (Lipinski definition) is 1. The van der Waals surface area contributed by atoms with Crippen molar-refractivity contribution in [1.29, 1.82) is 0 Å². The third kappa shape index (κ3) is 4.00. The van der Waals surface area contributed by atoms with Crippen molar-refractivity contribution in [2.24, 2.45) is 5.92 Å². The Hall–Kier alpha value is -0.710. The summed E-state index contributed by atoms with van der Waals surface area (Å²) in [6.07, 6.45) is 0. The van der Waals surface area contributed by atoms with Crippen LogP contribution in [0, 0.1) is 5.92 Å². The Morgan fingerprint density at radius 3 is 1.93 bits per heavy atom. The lowest BCUT2D eigenvalue weighted by Gasteiger charge is -2.29. The summed E-state index contributed by atoms with van der Waals surface area (Å²) < 4.78 is 24.2. The molecule has 0 aliphatic carbocycles. The highest BCUT2D eigenvalue weighted by molar-refractivity contribution is 5.73. The minimum absolute atomic E-state index is 0.0287. The van der Waals surface area contributed by atoms with Gasteiger partial charge in [-0.05, 0) is 5.92 Å². The Bertz CT molecular complexity index is 170. The molecule has 0 aliphatic rings. The number of aliphatic carboxylic acids is 1. The number of hydrogen-bond acceptors (Lipinski definition) is 2. The first-order chi connectivity index (χ1) is 6.54. The monoisotopic (exact) mass is 209 g/mol. The summed E-state index contributed by atoms with van der Waals surface area (Å²) in [4.78, 5) is 12.2. The van der Waals surface area contributed by atoms with Gasteiger partial charge in [0.15, 0.2) is 0 Å². The minimum Gasteiger partial charge on any atom is -0.480 e. The third-order valence-electron chi connectivity index (χ3n) is 2.02. The molecule has 0 spiro atoms. The van der Waals surface area contributed by atoms with Crippen molar-refractivity contribution in [3.8, 4) is 0 Å². The Morgan fingerprint density at radius 1 is 1.29 bits per heavy atom. The number of carboxylic acids is 1. The smallest absolute Gasteiger partial charge is 0.321 e. The minimum atomic E-state index is -1.03. The molecule has 5 heteroatoms. The van der Waals surface area contributed by atoms with Crippen LogP contribution in [0.15, 0.2) is 0 Å². The highest BCUT2D eigenvalue weighted by atomic mass is 19.1. The lowest BCUT2D eigenvalue weighted by Crippen LogP contribution is -2.46. The zero-order valence-electron chi connectivity index (χ0n) is 8.54. The van der Waals surface area contributed by atoms with Crippen LogP contribution in [0.2, 0.25) is 0 Å². The molecule has 84 valence electrons. The third-order valence-corrected chi connectivity index (χ3v) is 2.02. The summed E-state index contributed by atoms with van der Waals surface area (Å²) in [6, 6.07) is -0.804. The second kappa shape index (κ2) is 6.70. The highest BCUT2D eigenvalue weighted by Gasteiger charge is 2.27. The van der Waals surface area contributed by atoms with Crippen molar-refractivity contribution in [1.82, 2.24) is 4.90 Å². The summed E-state index contributed by atoms with van der Waals surface area (Å²) in [6.45, 7) is 2.08. The predicted molar refractivity (Wildman–Crippen MR) is 49.8 cm³/mol. The van der Waals surface area contributed by atoms with Crippen molar-refractivity contribution in [2.45, 2.75) is 19.9 Å². The van der Waals surface area contributed by atoms with Crippen LogP contribution in [0.1, 0.15) is 13.8 Å². The molecule has 0 aliphatic heterocycles. The highest BCUT2D eigenvalue weighted by Crippen LogP contribution is 2.11. The first-order valence-corrected chi connectivity index (χ1v) is 4.63. The largest absolute Gasteiger partial charge is 0.480 e. The zero-order valence-corrected chi connectivity index (χ0v) is 8.54. The molecule has 0 aromatic carbocycles. The molecule has 0 fully saturated rings. The van der Waals surface area contributed by atoms with E-state index < -0.39 is 25.4 Å². The second-order valence-electron chi connectivity index (χ2n) is 3.44. The van der Waals surface area contributed by atoms with Crippen molar-refractivity contribution in [3.63, 3.8) is 0 Å². The van der Waals surface area contributed by atoms with Crippen LogP contribution in [-0.2, 0) is 4.79 Å². The molecule has 0 radical (unpaired) electrons. The molecule has 0 saturated carbocycles. The molecule has 1 N–H and O–H groups in total. The van der Waals surface area contributed by atoms with Gasteiger partial charge in [0.1, 0.15) is 19.4 Å². The number of halogens is 2. The fourth-order valence-corrected chi connectivity index (χ4v) is 1.47. The predicted octanol–water partition coefficient (Wildman–Crippen LogP) is 1.34. The molecule has 0 saturated heterocycles. The van der Waals surface area contributed by atoms with E-state index in [1.807, 2.05) is 0 Å². The van der Waals surface area contributed by atoms with Gasteiger partial charge < -0.3 is 5.11 Å². The molecule has 0 bridgehead atoms. The maximum atomic E-state index is 12.1. The molecule has 1 atom stereocenters. The molecule has 14 heavy (non-hydrogen) atoms. The van der Waals surface area contributed by atoms with Gasteiger partial charge >= 0.3 is 5.97 Å². The summed E-state index contributed by atoms with van der Waals surface area (Å²) in [7, 11) is 0. The fraction of sp³-hybridized carbons (Fsp3) is 0.889. The van der Waals surface area contributed by atoms with Crippen molar-refractivity contribution >= 4 is 5.97 Å². The van der Waals surface area contributed by atoms with Crippen molar-refractivity contribution in [3.05, 3.63) is 0 Å². The van der Waals surface area contributed by atoms with Gasteiger partial charge in [-0.15, -0.1) is 0 Å². The average molecular weight is 209 g/mol. The maximum absolute atomic E-state index is 12.1. The molecular weight excluding hydrogens is 192 g/mol. The summed E-state index contributed by atoms with van der Waals surface area (Å²) >= 11 is 0.